The number of carbonyl (C=O) groups is 2. The average Bonchev–Trinajstić information content (AvgIpc) is 2.95. The highest BCUT2D eigenvalue weighted by Gasteiger charge is 2.63. The van der Waals surface area contributed by atoms with Gasteiger partial charge in [-0.3, -0.25) is 9.59 Å². The lowest BCUT2D eigenvalue weighted by molar-refractivity contribution is -0.158. The Morgan fingerprint density at radius 3 is 2.63 bits per heavy atom. The summed E-state index contributed by atoms with van der Waals surface area (Å²) in [6.45, 7) is 7.07. The van der Waals surface area contributed by atoms with E-state index in [2.05, 4.69) is 20.8 Å². The number of rotatable bonds is 4. The molecule has 7 unspecified atom stereocenters. The van der Waals surface area contributed by atoms with Crippen LogP contribution in [0.1, 0.15) is 91.4 Å². The molecule has 0 saturated heterocycles. The molecule has 3 nitrogen and oxygen atoms in total. The maximum absolute atomic E-state index is 13.6. The molecule has 3 heteroatoms. The van der Waals surface area contributed by atoms with Crippen molar-refractivity contribution in [3.63, 3.8) is 0 Å². The van der Waals surface area contributed by atoms with Crippen LogP contribution in [-0.4, -0.2) is 16.9 Å². The number of fused-ring (bicyclic) bond motifs is 5. The third-order valence-electron chi connectivity index (χ3n) is 9.84. The van der Waals surface area contributed by atoms with E-state index in [-0.39, 0.29) is 17.3 Å². The summed E-state index contributed by atoms with van der Waals surface area (Å²) >= 11 is 0. The number of carboxylic acids is 1. The van der Waals surface area contributed by atoms with Gasteiger partial charge in [0.15, 0.2) is 0 Å². The van der Waals surface area contributed by atoms with Gasteiger partial charge in [-0.05, 0) is 85.4 Å². The van der Waals surface area contributed by atoms with Gasteiger partial charge in [0.1, 0.15) is 5.78 Å². The van der Waals surface area contributed by atoms with Gasteiger partial charge in [0, 0.05) is 18.8 Å². The maximum atomic E-state index is 13.6. The number of aliphatic carboxylic acids is 1. The average molecular weight is 375 g/mol. The van der Waals surface area contributed by atoms with Gasteiger partial charge >= 0.3 is 5.97 Å². The fourth-order valence-corrected chi connectivity index (χ4v) is 8.63. The SMILES string of the molecule is C[C@H](CCC(=O)O)C1CCC2C3CCC4CCCCC4(C)C3C(=O)CC21C. The number of ketones is 1. The Labute approximate surface area is 164 Å². The number of hydrogen-bond donors (Lipinski definition) is 1. The smallest absolute Gasteiger partial charge is 0.303 e. The Balaban J connectivity index is 1.58. The number of hydrogen-bond acceptors (Lipinski definition) is 2. The Morgan fingerprint density at radius 1 is 1.11 bits per heavy atom. The van der Waals surface area contributed by atoms with Crippen molar-refractivity contribution in [3.8, 4) is 0 Å². The highest BCUT2D eigenvalue weighted by atomic mass is 16.4. The highest BCUT2D eigenvalue weighted by molar-refractivity contribution is 5.84. The Bertz CT molecular complexity index is 613. The van der Waals surface area contributed by atoms with Crippen LogP contribution in [0.4, 0.5) is 0 Å². The van der Waals surface area contributed by atoms with Crippen LogP contribution in [0.3, 0.4) is 0 Å². The van der Waals surface area contributed by atoms with E-state index in [1.54, 1.807) is 0 Å². The van der Waals surface area contributed by atoms with Gasteiger partial charge in [0.05, 0.1) is 0 Å². The van der Waals surface area contributed by atoms with Crippen molar-refractivity contribution >= 4 is 11.8 Å². The molecule has 4 fully saturated rings. The Morgan fingerprint density at radius 2 is 1.89 bits per heavy atom. The first-order valence-corrected chi connectivity index (χ1v) is 11.5. The van der Waals surface area contributed by atoms with Gasteiger partial charge in [-0.25, -0.2) is 0 Å². The quantitative estimate of drug-likeness (QED) is 0.685. The molecule has 0 aromatic rings. The summed E-state index contributed by atoms with van der Waals surface area (Å²) < 4.78 is 0. The van der Waals surface area contributed by atoms with Crippen LogP contribution in [-0.2, 0) is 9.59 Å². The molecule has 0 aromatic heterocycles. The predicted molar refractivity (Wildman–Crippen MR) is 106 cm³/mol. The molecule has 0 amide bonds. The van der Waals surface area contributed by atoms with E-state index in [0.29, 0.717) is 35.4 Å². The number of carboxylic acid groups (broad SMARTS) is 1. The molecular weight excluding hydrogens is 336 g/mol. The van der Waals surface area contributed by atoms with Gasteiger partial charge in [-0.15, -0.1) is 0 Å². The second-order valence-corrected chi connectivity index (χ2v) is 11.0. The van der Waals surface area contributed by atoms with E-state index < -0.39 is 5.97 Å². The molecule has 27 heavy (non-hydrogen) atoms. The molecule has 0 heterocycles. The van der Waals surface area contributed by atoms with E-state index in [1.807, 2.05) is 0 Å². The first-order chi connectivity index (χ1) is 12.8. The van der Waals surface area contributed by atoms with Gasteiger partial charge in [0.2, 0.25) is 0 Å². The second kappa shape index (κ2) is 6.88. The molecule has 4 aliphatic rings. The predicted octanol–water partition coefficient (Wildman–Crippen LogP) is 5.72. The molecule has 4 rings (SSSR count). The van der Waals surface area contributed by atoms with Crippen molar-refractivity contribution in [1.82, 2.24) is 0 Å². The minimum atomic E-state index is -0.690. The molecule has 1 N–H and O–H groups in total. The fourth-order valence-electron chi connectivity index (χ4n) is 8.63. The monoisotopic (exact) mass is 374 g/mol. The molecule has 0 aliphatic heterocycles. The van der Waals surface area contributed by atoms with E-state index in [0.717, 1.165) is 18.8 Å². The molecular formula is C24H38O3. The van der Waals surface area contributed by atoms with Crippen molar-refractivity contribution in [3.05, 3.63) is 0 Å². The first kappa shape index (κ1) is 19.5. The van der Waals surface area contributed by atoms with Crippen LogP contribution >= 0.6 is 0 Å². The Hall–Kier alpha value is -0.860. The van der Waals surface area contributed by atoms with Crippen molar-refractivity contribution in [1.29, 1.82) is 0 Å². The topological polar surface area (TPSA) is 54.4 Å². The summed E-state index contributed by atoms with van der Waals surface area (Å²) in [5, 5.41) is 9.08. The molecule has 0 aromatic carbocycles. The molecule has 0 spiro atoms. The van der Waals surface area contributed by atoms with E-state index in [1.165, 1.54) is 51.4 Å². The van der Waals surface area contributed by atoms with Crippen LogP contribution < -0.4 is 0 Å². The summed E-state index contributed by atoms with van der Waals surface area (Å²) in [4.78, 5) is 24.6. The maximum Gasteiger partial charge on any atom is 0.303 e. The summed E-state index contributed by atoms with van der Waals surface area (Å²) in [6.07, 6.45) is 12.1. The van der Waals surface area contributed by atoms with Gasteiger partial charge < -0.3 is 5.11 Å². The summed E-state index contributed by atoms with van der Waals surface area (Å²) in [5.74, 6) is 3.14. The fraction of sp³-hybridized carbons (Fsp3) is 0.917. The van der Waals surface area contributed by atoms with Crippen molar-refractivity contribution < 1.29 is 14.7 Å². The van der Waals surface area contributed by atoms with Crippen molar-refractivity contribution in [2.75, 3.05) is 0 Å². The highest BCUT2D eigenvalue weighted by Crippen LogP contribution is 2.67. The molecule has 0 bridgehead atoms. The number of carbonyl (C=O) groups excluding carboxylic acids is 1. The standard InChI is InChI=1S/C24H38O3/c1-15(7-12-21(26)27)18-10-11-19-17-9-8-16-6-4-5-13-23(16,2)22(17)20(25)14-24(18,19)3/h15-19,22H,4-14H2,1-3H3,(H,26,27)/t15-,16?,17?,18?,19?,22?,23?,24?/m1/s1. The van der Waals surface area contributed by atoms with Crippen LogP contribution in [0.15, 0.2) is 0 Å². The largest absolute Gasteiger partial charge is 0.481 e. The third-order valence-corrected chi connectivity index (χ3v) is 9.84. The lowest BCUT2D eigenvalue weighted by Gasteiger charge is -2.59. The van der Waals surface area contributed by atoms with Crippen molar-refractivity contribution in [2.24, 2.45) is 46.3 Å². The van der Waals surface area contributed by atoms with Crippen LogP contribution in [0.2, 0.25) is 0 Å². The first-order valence-electron chi connectivity index (χ1n) is 11.5. The Kier molecular flexibility index (Phi) is 4.96. The van der Waals surface area contributed by atoms with E-state index >= 15 is 0 Å². The third kappa shape index (κ3) is 2.99. The molecule has 0 radical (unpaired) electrons. The van der Waals surface area contributed by atoms with Gasteiger partial charge in [-0.1, -0.05) is 33.6 Å². The van der Waals surface area contributed by atoms with Crippen molar-refractivity contribution in [2.45, 2.75) is 91.4 Å². The minimum Gasteiger partial charge on any atom is -0.481 e. The van der Waals surface area contributed by atoms with Crippen LogP contribution in [0.25, 0.3) is 0 Å². The zero-order valence-corrected chi connectivity index (χ0v) is 17.5. The second-order valence-electron chi connectivity index (χ2n) is 11.0. The van der Waals surface area contributed by atoms with E-state index in [4.69, 9.17) is 5.11 Å². The summed E-state index contributed by atoms with van der Waals surface area (Å²) in [7, 11) is 0. The summed E-state index contributed by atoms with van der Waals surface area (Å²) in [5.41, 5.74) is 0.362. The zero-order chi connectivity index (χ0) is 19.4. The lowest BCUT2D eigenvalue weighted by atomic mass is 9.44. The molecule has 152 valence electrons. The normalized spacial score (nSPS) is 47.7. The van der Waals surface area contributed by atoms with Gasteiger partial charge in [0.25, 0.3) is 0 Å². The molecule has 4 saturated carbocycles. The minimum absolute atomic E-state index is 0.105. The molecule has 4 aliphatic carbocycles. The van der Waals surface area contributed by atoms with Crippen LogP contribution in [0.5, 0.6) is 0 Å². The van der Waals surface area contributed by atoms with Gasteiger partial charge in [-0.2, -0.15) is 0 Å². The molecule has 8 atom stereocenters. The van der Waals surface area contributed by atoms with E-state index in [9.17, 15) is 9.59 Å². The number of Topliss-reactive ketones (excluding diaryl/α,β-unsaturated/α-hetero) is 1. The summed E-state index contributed by atoms with van der Waals surface area (Å²) in [6, 6.07) is 0. The zero-order valence-electron chi connectivity index (χ0n) is 17.5. The van der Waals surface area contributed by atoms with Crippen LogP contribution in [0, 0.1) is 46.3 Å². The lowest BCUT2D eigenvalue weighted by Crippen LogP contribution is -2.57.